The third kappa shape index (κ3) is 2.65. The number of aryl methyl sites for hydroxylation is 1. The summed E-state index contributed by atoms with van der Waals surface area (Å²) in [7, 11) is 0. The zero-order valence-electron chi connectivity index (χ0n) is 16.8. The Morgan fingerprint density at radius 3 is 2.72 bits per heavy atom. The normalized spacial score (nSPS) is 18.7. The van der Waals surface area contributed by atoms with E-state index in [0.717, 1.165) is 6.42 Å². The SMILES string of the molecule is Cc1ccc2c(c1)c1c(n2-c2cccc(-c3ccncc3)c2)CCN2CCCC12. The maximum atomic E-state index is 4.17. The molecule has 1 fully saturated rings. The molecule has 3 nitrogen and oxygen atoms in total. The molecule has 2 aliphatic rings. The molecule has 4 heterocycles. The Morgan fingerprint density at radius 1 is 0.931 bits per heavy atom. The van der Waals surface area contributed by atoms with Crippen LogP contribution in [0, 0.1) is 6.92 Å². The molecule has 2 aromatic carbocycles. The van der Waals surface area contributed by atoms with Crippen molar-refractivity contribution < 1.29 is 0 Å². The van der Waals surface area contributed by atoms with E-state index in [0.29, 0.717) is 6.04 Å². The molecule has 3 heteroatoms. The Bertz CT molecular complexity index is 1210. The highest BCUT2D eigenvalue weighted by atomic mass is 15.2. The molecule has 0 aliphatic carbocycles. The van der Waals surface area contributed by atoms with Crippen molar-refractivity contribution in [1.29, 1.82) is 0 Å². The van der Waals surface area contributed by atoms with E-state index in [1.54, 1.807) is 5.56 Å². The molecule has 1 saturated heterocycles. The summed E-state index contributed by atoms with van der Waals surface area (Å²) in [6.45, 7) is 4.64. The van der Waals surface area contributed by atoms with E-state index in [1.807, 2.05) is 12.4 Å². The molecule has 0 amide bonds. The van der Waals surface area contributed by atoms with E-state index in [-0.39, 0.29) is 0 Å². The zero-order chi connectivity index (χ0) is 19.4. The Kier molecular flexibility index (Phi) is 3.85. The van der Waals surface area contributed by atoms with Crippen LogP contribution in [-0.4, -0.2) is 27.5 Å². The number of hydrogen-bond donors (Lipinski definition) is 0. The third-order valence-electron chi connectivity index (χ3n) is 6.71. The van der Waals surface area contributed by atoms with Gasteiger partial charge in [-0.25, -0.2) is 0 Å². The smallest absolute Gasteiger partial charge is 0.0535 e. The largest absolute Gasteiger partial charge is 0.313 e. The van der Waals surface area contributed by atoms with Crippen molar-refractivity contribution in [3.63, 3.8) is 0 Å². The zero-order valence-corrected chi connectivity index (χ0v) is 16.8. The molecule has 2 aliphatic heterocycles. The lowest BCUT2D eigenvalue weighted by Gasteiger charge is -2.31. The summed E-state index contributed by atoms with van der Waals surface area (Å²) >= 11 is 0. The summed E-state index contributed by atoms with van der Waals surface area (Å²) in [6.07, 6.45) is 7.47. The minimum absolute atomic E-state index is 0.590. The van der Waals surface area contributed by atoms with Crippen LogP contribution in [0.5, 0.6) is 0 Å². The highest BCUT2D eigenvalue weighted by Crippen LogP contribution is 2.44. The predicted octanol–water partition coefficient (Wildman–Crippen LogP) is 5.69. The Labute approximate surface area is 171 Å². The van der Waals surface area contributed by atoms with Crippen LogP contribution in [0.2, 0.25) is 0 Å². The monoisotopic (exact) mass is 379 g/mol. The van der Waals surface area contributed by atoms with Crippen molar-refractivity contribution in [3.8, 4) is 16.8 Å². The maximum Gasteiger partial charge on any atom is 0.0535 e. The fourth-order valence-corrected chi connectivity index (χ4v) is 5.43. The van der Waals surface area contributed by atoms with E-state index >= 15 is 0 Å². The van der Waals surface area contributed by atoms with Crippen molar-refractivity contribution >= 4 is 10.9 Å². The first-order valence-electron chi connectivity index (χ1n) is 10.7. The molecule has 144 valence electrons. The molecule has 1 unspecified atom stereocenters. The van der Waals surface area contributed by atoms with Gasteiger partial charge >= 0.3 is 0 Å². The van der Waals surface area contributed by atoms with E-state index in [2.05, 4.69) is 76.0 Å². The van der Waals surface area contributed by atoms with Gasteiger partial charge in [0.25, 0.3) is 0 Å². The second-order valence-corrected chi connectivity index (χ2v) is 8.45. The van der Waals surface area contributed by atoms with Crippen LogP contribution in [0.4, 0.5) is 0 Å². The number of nitrogens with zero attached hydrogens (tertiary/aromatic N) is 3. The number of hydrogen-bond acceptors (Lipinski definition) is 2. The number of pyridine rings is 1. The first kappa shape index (κ1) is 17.0. The summed E-state index contributed by atoms with van der Waals surface area (Å²) in [5.74, 6) is 0. The second kappa shape index (κ2) is 6.57. The van der Waals surface area contributed by atoms with E-state index < -0.39 is 0 Å². The Balaban J connectivity index is 1.60. The molecular formula is C26H25N3. The first-order valence-corrected chi connectivity index (χ1v) is 10.7. The molecule has 1 atom stereocenters. The van der Waals surface area contributed by atoms with Gasteiger partial charge < -0.3 is 4.57 Å². The molecule has 0 radical (unpaired) electrons. The van der Waals surface area contributed by atoms with Gasteiger partial charge in [0.05, 0.1) is 5.52 Å². The van der Waals surface area contributed by atoms with Crippen molar-refractivity contribution in [2.45, 2.75) is 32.2 Å². The van der Waals surface area contributed by atoms with Crippen LogP contribution in [0.25, 0.3) is 27.7 Å². The number of rotatable bonds is 2. The Morgan fingerprint density at radius 2 is 1.83 bits per heavy atom. The molecule has 0 spiro atoms. The predicted molar refractivity (Wildman–Crippen MR) is 118 cm³/mol. The van der Waals surface area contributed by atoms with Crippen molar-refractivity contribution in [3.05, 3.63) is 83.8 Å². The lowest BCUT2D eigenvalue weighted by molar-refractivity contribution is 0.243. The van der Waals surface area contributed by atoms with Gasteiger partial charge in [0, 0.05) is 48.2 Å². The average Bonchev–Trinajstić information content (AvgIpc) is 3.36. The second-order valence-electron chi connectivity index (χ2n) is 8.45. The van der Waals surface area contributed by atoms with Crippen molar-refractivity contribution in [1.82, 2.24) is 14.5 Å². The third-order valence-corrected chi connectivity index (χ3v) is 6.71. The van der Waals surface area contributed by atoms with E-state index in [9.17, 15) is 0 Å². The summed E-state index contributed by atoms with van der Waals surface area (Å²) in [5, 5.41) is 1.45. The van der Waals surface area contributed by atoms with Gasteiger partial charge in [-0.1, -0.05) is 23.8 Å². The van der Waals surface area contributed by atoms with Gasteiger partial charge in [-0.3, -0.25) is 9.88 Å². The van der Waals surface area contributed by atoms with Gasteiger partial charge in [-0.2, -0.15) is 0 Å². The fourth-order valence-electron chi connectivity index (χ4n) is 5.43. The van der Waals surface area contributed by atoms with Crippen LogP contribution in [-0.2, 0) is 6.42 Å². The van der Waals surface area contributed by atoms with Crippen LogP contribution in [0.15, 0.2) is 67.0 Å². The van der Waals surface area contributed by atoms with Gasteiger partial charge in [0.2, 0.25) is 0 Å². The Hall–Kier alpha value is -2.91. The quantitative estimate of drug-likeness (QED) is 0.446. The average molecular weight is 380 g/mol. The fraction of sp³-hybridized carbons (Fsp3) is 0.269. The molecular weight excluding hydrogens is 354 g/mol. The van der Waals surface area contributed by atoms with Crippen LogP contribution < -0.4 is 0 Å². The molecule has 0 bridgehead atoms. The molecule has 6 rings (SSSR count). The number of aromatic nitrogens is 2. The van der Waals surface area contributed by atoms with E-state index in [4.69, 9.17) is 0 Å². The molecule has 0 N–H and O–H groups in total. The lowest BCUT2D eigenvalue weighted by atomic mass is 9.95. The number of benzene rings is 2. The van der Waals surface area contributed by atoms with Gasteiger partial charge in [-0.15, -0.1) is 0 Å². The van der Waals surface area contributed by atoms with Gasteiger partial charge in [0.15, 0.2) is 0 Å². The lowest BCUT2D eigenvalue weighted by Crippen LogP contribution is -2.31. The van der Waals surface area contributed by atoms with E-state index in [1.165, 1.54) is 64.9 Å². The molecule has 29 heavy (non-hydrogen) atoms. The topological polar surface area (TPSA) is 21.1 Å². The van der Waals surface area contributed by atoms with Crippen LogP contribution >= 0.6 is 0 Å². The van der Waals surface area contributed by atoms with Crippen molar-refractivity contribution in [2.75, 3.05) is 13.1 Å². The highest BCUT2D eigenvalue weighted by molar-refractivity contribution is 5.89. The minimum atomic E-state index is 0.590. The van der Waals surface area contributed by atoms with Crippen LogP contribution in [0.1, 0.15) is 35.7 Å². The molecule has 2 aromatic heterocycles. The minimum Gasteiger partial charge on any atom is -0.313 e. The summed E-state index contributed by atoms with van der Waals surface area (Å²) in [6, 6.07) is 20.7. The van der Waals surface area contributed by atoms with Crippen molar-refractivity contribution in [2.24, 2.45) is 0 Å². The molecule has 0 saturated carbocycles. The summed E-state index contributed by atoms with van der Waals surface area (Å²) in [4.78, 5) is 6.87. The summed E-state index contributed by atoms with van der Waals surface area (Å²) < 4.78 is 2.53. The highest BCUT2D eigenvalue weighted by Gasteiger charge is 2.35. The molecule has 4 aromatic rings. The maximum absolute atomic E-state index is 4.17. The summed E-state index contributed by atoms with van der Waals surface area (Å²) in [5.41, 5.74) is 9.51. The first-order chi connectivity index (χ1) is 14.3. The van der Waals surface area contributed by atoms with Crippen LogP contribution in [0.3, 0.4) is 0 Å². The van der Waals surface area contributed by atoms with Gasteiger partial charge in [-0.05, 0) is 79.4 Å². The standard InChI is InChI=1S/C26H25N3/c1-18-7-8-23-22(16-18)26-24-6-3-14-28(24)15-11-25(26)29(23)21-5-2-4-20(17-21)19-9-12-27-13-10-19/h2,4-5,7-10,12-13,16-17,24H,3,6,11,14-15H2,1H3. The van der Waals surface area contributed by atoms with Gasteiger partial charge in [0.1, 0.15) is 0 Å². The number of fused-ring (bicyclic) bond motifs is 5.